The van der Waals surface area contributed by atoms with Gasteiger partial charge in [-0.15, -0.1) is 0 Å². The van der Waals surface area contributed by atoms with Crippen LogP contribution in [0.4, 0.5) is 0 Å². The van der Waals surface area contributed by atoms with Crippen LogP contribution in [-0.2, 0) is 24.3 Å². The number of carbonyl (C=O) groups is 1. The van der Waals surface area contributed by atoms with Crippen LogP contribution in [0.2, 0.25) is 0 Å². The lowest BCUT2D eigenvalue weighted by atomic mass is 10.2. The van der Waals surface area contributed by atoms with Crippen molar-refractivity contribution in [3.05, 3.63) is 64.8 Å². The highest BCUT2D eigenvalue weighted by Crippen LogP contribution is 2.13. The van der Waals surface area contributed by atoms with Gasteiger partial charge in [-0.05, 0) is 30.7 Å². The minimum Gasteiger partial charge on any atom is -0.356 e. The van der Waals surface area contributed by atoms with Crippen molar-refractivity contribution in [3.63, 3.8) is 0 Å². The maximum Gasteiger partial charge on any atom is 0.329 e. The lowest BCUT2D eigenvalue weighted by Crippen LogP contribution is -2.29. The molecule has 0 bridgehead atoms. The van der Waals surface area contributed by atoms with Crippen molar-refractivity contribution in [1.29, 1.82) is 0 Å². The summed E-state index contributed by atoms with van der Waals surface area (Å²) in [5, 5.41) is 2.90. The second-order valence-corrected chi connectivity index (χ2v) is 6.25. The number of fused-ring (bicyclic) bond motifs is 1. The Balaban J connectivity index is 1.61. The van der Waals surface area contributed by atoms with E-state index in [1.165, 1.54) is 0 Å². The summed E-state index contributed by atoms with van der Waals surface area (Å²) in [6.07, 6.45) is 3.61. The molecule has 0 spiro atoms. The summed E-state index contributed by atoms with van der Waals surface area (Å²) in [4.78, 5) is 29.0. The molecule has 0 aliphatic carbocycles. The molecule has 2 aromatic heterocycles. The van der Waals surface area contributed by atoms with Crippen LogP contribution in [0, 0.1) is 0 Å². The molecule has 6 nitrogen and oxygen atoms in total. The minimum atomic E-state index is -0.0554. The second kappa shape index (κ2) is 8.47. The van der Waals surface area contributed by atoms with E-state index in [-0.39, 0.29) is 18.0 Å². The van der Waals surface area contributed by atoms with Crippen LogP contribution in [0.3, 0.4) is 0 Å². The predicted octanol–water partition coefficient (Wildman–Crippen LogP) is 2.36. The monoisotopic (exact) mass is 352 g/mol. The number of aryl methyl sites for hydroxylation is 2. The van der Waals surface area contributed by atoms with Gasteiger partial charge in [0, 0.05) is 44.4 Å². The smallest absolute Gasteiger partial charge is 0.329 e. The third kappa shape index (κ3) is 4.02. The van der Waals surface area contributed by atoms with Gasteiger partial charge in [-0.2, -0.15) is 0 Å². The Morgan fingerprint density at radius 3 is 2.38 bits per heavy atom. The summed E-state index contributed by atoms with van der Waals surface area (Å²) in [5.41, 5.74) is 2.71. The van der Waals surface area contributed by atoms with Crippen molar-refractivity contribution in [2.75, 3.05) is 6.54 Å². The lowest BCUT2D eigenvalue weighted by Gasteiger charge is -2.06. The second-order valence-electron chi connectivity index (χ2n) is 6.25. The summed E-state index contributed by atoms with van der Waals surface area (Å²) in [5.74, 6) is -0.0554. The molecule has 26 heavy (non-hydrogen) atoms. The number of nitrogens with zero attached hydrogens (tertiary/aromatic N) is 3. The quantitative estimate of drug-likeness (QED) is 0.677. The van der Waals surface area contributed by atoms with E-state index in [4.69, 9.17) is 0 Å². The average Bonchev–Trinajstić information content (AvgIpc) is 2.93. The van der Waals surface area contributed by atoms with E-state index in [2.05, 4.69) is 10.3 Å². The number of carbonyl (C=O) groups excluding carboxylic acids is 1. The van der Waals surface area contributed by atoms with Gasteiger partial charge in [-0.25, -0.2) is 4.79 Å². The fourth-order valence-electron chi connectivity index (χ4n) is 3.11. The van der Waals surface area contributed by atoms with Crippen molar-refractivity contribution in [1.82, 2.24) is 19.4 Å². The van der Waals surface area contributed by atoms with E-state index in [0.717, 1.165) is 23.1 Å². The van der Waals surface area contributed by atoms with Gasteiger partial charge in [-0.3, -0.25) is 18.9 Å². The van der Waals surface area contributed by atoms with Crippen LogP contribution in [0.25, 0.3) is 11.0 Å². The van der Waals surface area contributed by atoms with E-state index in [9.17, 15) is 9.59 Å². The first kappa shape index (κ1) is 17.9. The van der Waals surface area contributed by atoms with Gasteiger partial charge in [0.05, 0.1) is 11.0 Å². The Hall–Kier alpha value is -2.89. The van der Waals surface area contributed by atoms with Gasteiger partial charge < -0.3 is 5.32 Å². The highest BCUT2D eigenvalue weighted by atomic mass is 16.2. The minimum absolute atomic E-state index is 0.0469. The number of nitrogens with one attached hydrogen (secondary N) is 1. The molecular formula is C20H24N4O2. The Kier molecular flexibility index (Phi) is 5.84. The van der Waals surface area contributed by atoms with Gasteiger partial charge in [0.15, 0.2) is 0 Å². The highest BCUT2D eigenvalue weighted by molar-refractivity contribution is 5.78. The third-order valence-electron chi connectivity index (χ3n) is 4.36. The van der Waals surface area contributed by atoms with Gasteiger partial charge in [0.1, 0.15) is 0 Å². The SMILES string of the molecule is CCCn1c(=O)n(CCC(=O)NCCc2ccccn2)c2ccccc21. The van der Waals surface area contributed by atoms with Crippen LogP contribution in [-0.4, -0.2) is 26.6 Å². The molecule has 0 aliphatic rings. The standard InChI is InChI=1S/C20H24N4O2/c1-2-14-23-17-8-3-4-9-18(17)24(20(23)26)15-11-19(25)22-13-10-16-7-5-6-12-21-16/h3-9,12H,2,10-11,13-15H2,1H3,(H,22,25). The Morgan fingerprint density at radius 1 is 1.04 bits per heavy atom. The van der Waals surface area contributed by atoms with Crippen molar-refractivity contribution >= 4 is 16.9 Å². The molecule has 0 radical (unpaired) electrons. The van der Waals surface area contributed by atoms with Crippen molar-refractivity contribution in [2.24, 2.45) is 0 Å². The number of imidazole rings is 1. The summed E-state index contributed by atoms with van der Waals surface area (Å²) >= 11 is 0. The van der Waals surface area contributed by atoms with E-state index in [0.29, 0.717) is 26.1 Å². The maximum absolute atomic E-state index is 12.7. The number of benzene rings is 1. The van der Waals surface area contributed by atoms with Crippen LogP contribution in [0.15, 0.2) is 53.5 Å². The number of para-hydroxylation sites is 2. The molecule has 2 heterocycles. The number of hydrogen-bond acceptors (Lipinski definition) is 3. The molecule has 0 aliphatic heterocycles. The molecule has 136 valence electrons. The van der Waals surface area contributed by atoms with Crippen LogP contribution in [0.1, 0.15) is 25.5 Å². The Morgan fingerprint density at radius 2 is 1.73 bits per heavy atom. The first-order valence-corrected chi connectivity index (χ1v) is 9.05. The number of amides is 1. The molecule has 3 aromatic rings. The summed E-state index contributed by atoms with van der Waals surface area (Å²) in [7, 11) is 0. The Labute approximate surface area is 152 Å². The number of hydrogen-bond donors (Lipinski definition) is 1. The van der Waals surface area contributed by atoms with Crippen molar-refractivity contribution < 1.29 is 4.79 Å². The molecular weight excluding hydrogens is 328 g/mol. The highest BCUT2D eigenvalue weighted by Gasteiger charge is 2.13. The molecule has 0 saturated carbocycles. The Bertz CT molecular complexity index is 928. The van der Waals surface area contributed by atoms with Gasteiger partial charge in [0.2, 0.25) is 5.91 Å². The largest absolute Gasteiger partial charge is 0.356 e. The topological polar surface area (TPSA) is 68.9 Å². The third-order valence-corrected chi connectivity index (χ3v) is 4.36. The van der Waals surface area contributed by atoms with Crippen molar-refractivity contribution in [3.8, 4) is 0 Å². The normalized spacial score (nSPS) is 11.0. The summed E-state index contributed by atoms with van der Waals surface area (Å²) < 4.78 is 3.48. The molecule has 1 aromatic carbocycles. The zero-order chi connectivity index (χ0) is 18.4. The molecule has 3 rings (SSSR count). The van der Waals surface area contributed by atoms with Crippen LogP contribution < -0.4 is 11.0 Å². The van der Waals surface area contributed by atoms with E-state index in [1.54, 1.807) is 15.3 Å². The zero-order valence-corrected chi connectivity index (χ0v) is 15.0. The molecule has 0 fully saturated rings. The molecule has 0 unspecified atom stereocenters. The van der Waals surface area contributed by atoms with E-state index < -0.39 is 0 Å². The molecule has 0 saturated heterocycles. The van der Waals surface area contributed by atoms with Crippen molar-refractivity contribution in [2.45, 2.75) is 39.3 Å². The number of pyridine rings is 1. The van der Waals surface area contributed by atoms with Crippen LogP contribution in [0.5, 0.6) is 0 Å². The summed E-state index contributed by atoms with van der Waals surface area (Å²) in [6, 6.07) is 13.5. The zero-order valence-electron chi connectivity index (χ0n) is 15.0. The molecule has 1 amide bonds. The fourth-order valence-corrected chi connectivity index (χ4v) is 3.11. The predicted molar refractivity (Wildman–Crippen MR) is 102 cm³/mol. The number of aromatic nitrogens is 3. The summed E-state index contributed by atoms with van der Waals surface area (Å²) in [6.45, 7) is 3.66. The van der Waals surface area contributed by atoms with E-state index >= 15 is 0 Å². The lowest BCUT2D eigenvalue weighted by molar-refractivity contribution is -0.121. The van der Waals surface area contributed by atoms with Gasteiger partial charge in [-0.1, -0.05) is 25.1 Å². The first-order chi connectivity index (χ1) is 12.7. The van der Waals surface area contributed by atoms with Gasteiger partial charge >= 0.3 is 5.69 Å². The average molecular weight is 352 g/mol. The first-order valence-electron chi connectivity index (χ1n) is 9.05. The molecule has 1 N–H and O–H groups in total. The maximum atomic E-state index is 12.7. The molecule has 0 atom stereocenters. The van der Waals surface area contributed by atoms with Crippen LogP contribution >= 0.6 is 0 Å². The number of rotatable bonds is 8. The fraction of sp³-hybridized carbons (Fsp3) is 0.350. The van der Waals surface area contributed by atoms with Gasteiger partial charge in [0.25, 0.3) is 0 Å². The molecule has 6 heteroatoms. The van der Waals surface area contributed by atoms with E-state index in [1.807, 2.05) is 49.4 Å².